The summed E-state index contributed by atoms with van der Waals surface area (Å²) in [5, 5.41) is 9.69. The van der Waals surface area contributed by atoms with Crippen LogP contribution in [0.4, 0.5) is 0 Å². The Labute approximate surface area is 130 Å². The average Bonchev–Trinajstić information content (AvgIpc) is 3.16. The van der Waals surface area contributed by atoms with Crippen LogP contribution in [0.5, 0.6) is 0 Å². The van der Waals surface area contributed by atoms with E-state index in [0.717, 1.165) is 31.4 Å². The highest BCUT2D eigenvalue weighted by atomic mass is 16.4. The Balaban J connectivity index is 1.60. The van der Waals surface area contributed by atoms with Gasteiger partial charge in [0.1, 0.15) is 5.76 Å². The number of furan rings is 1. The first kappa shape index (κ1) is 15.1. The molecule has 22 heavy (non-hydrogen) atoms. The fraction of sp³-hybridized carbons (Fsp3) is 0.647. The minimum absolute atomic E-state index is 0.0394. The van der Waals surface area contributed by atoms with Crippen LogP contribution in [0.1, 0.15) is 44.3 Å². The summed E-state index contributed by atoms with van der Waals surface area (Å²) < 4.78 is 5.25. The van der Waals surface area contributed by atoms with Crippen molar-refractivity contribution in [3.63, 3.8) is 0 Å². The number of aliphatic carboxylic acids is 1. The number of hydrogen-bond acceptors (Lipinski definition) is 3. The molecular formula is C17H23NO4. The molecule has 1 saturated heterocycles. The Kier molecular flexibility index (Phi) is 4.23. The van der Waals surface area contributed by atoms with Crippen molar-refractivity contribution in [3.05, 3.63) is 24.2 Å². The molecule has 5 heteroatoms. The summed E-state index contributed by atoms with van der Waals surface area (Å²) in [7, 11) is 0. The van der Waals surface area contributed by atoms with E-state index in [1.807, 2.05) is 12.1 Å². The van der Waals surface area contributed by atoms with Gasteiger partial charge in [0.25, 0.3) is 0 Å². The van der Waals surface area contributed by atoms with Crippen LogP contribution in [0.3, 0.4) is 0 Å². The number of carbonyl (C=O) groups excluding carboxylic acids is 1. The number of rotatable bonds is 6. The van der Waals surface area contributed by atoms with Gasteiger partial charge < -0.3 is 14.4 Å². The highest BCUT2D eigenvalue weighted by molar-refractivity contribution is 5.80. The molecule has 0 unspecified atom stereocenters. The summed E-state index contributed by atoms with van der Waals surface area (Å²) in [5.74, 6) is 0.655. The van der Waals surface area contributed by atoms with Crippen molar-refractivity contribution in [1.82, 2.24) is 4.90 Å². The molecule has 1 amide bonds. The highest BCUT2D eigenvalue weighted by Crippen LogP contribution is 2.45. The zero-order valence-electron chi connectivity index (χ0n) is 12.8. The molecule has 1 saturated carbocycles. The molecule has 1 N–H and O–H groups in total. The predicted octanol–water partition coefficient (Wildman–Crippen LogP) is 2.71. The van der Waals surface area contributed by atoms with Crippen molar-refractivity contribution in [2.24, 2.45) is 11.3 Å². The third-order valence-electron chi connectivity index (χ3n) is 4.92. The van der Waals surface area contributed by atoms with E-state index in [0.29, 0.717) is 38.3 Å². The van der Waals surface area contributed by atoms with Gasteiger partial charge in [0.05, 0.1) is 11.7 Å². The Hall–Kier alpha value is -1.78. The van der Waals surface area contributed by atoms with Crippen LogP contribution in [0.25, 0.3) is 0 Å². The smallest absolute Gasteiger partial charge is 0.311 e. The average molecular weight is 305 g/mol. The lowest BCUT2D eigenvalue weighted by Gasteiger charge is -2.40. The first-order valence-electron chi connectivity index (χ1n) is 8.13. The molecule has 2 fully saturated rings. The molecule has 0 bridgehead atoms. The van der Waals surface area contributed by atoms with Crippen molar-refractivity contribution < 1.29 is 19.1 Å². The molecule has 1 aliphatic carbocycles. The third-order valence-corrected chi connectivity index (χ3v) is 4.92. The van der Waals surface area contributed by atoms with Gasteiger partial charge in [-0.1, -0.05) is 12.8 Å². The maximum Gasteiger partial charge on any atom is 0.311 e. The Morgan fingerprint density at radius 1 is 1.41 bits per heavy atom. The van der Waals surface area contributed by atoms with E-state index in [9.17, 15) is 14.7 Å². The summed E-state index contributed by atoms with van der Waals surface area (Å²) in [4.78, 5) is 25.9. The molecule has 3 rings (SSSR count). The van der Waals surface area contributed by atoms with E-state index >= 15 is 0 Å². The molecule has 1 aromatic heterocycles. The first-order chi connectivity index (χ1) is 10.6. The van der Waals surface area contributed by atoms with Crippen LogP contribution in [0.2, 0.25) is 0 Å². The van der Waals surface area contributed by atoms with E-state index in [4.69, 9.17) is 4.42 Å². The quantitative estimate of drug-likeness (QED) is 0.877. The second-order valence-electron chi connectivity index (χ2n) is 6.73. The van der Waals surface area contributed by atoms with Gasteiger partial charge >= 0.3 is 5.97 Å². The normalized spacial score (nSPS) is 25.2. The van der Waals surface area contributed by atoms with Gasteiger partial charge in [0, 0.05) is 25.9 Å². The van der Waals surface area contributed by atoms with Gasteiger partial charge in [0.15, 0.2) is 0 Å². The van der Waals surface area contributed by atoms with E-state index < -0.39 is 11.4 Å². The molecule has 1 atom stereocenters. The summed E-state index contributed by atoms with van der Waals surface area (Å²) in [6.45, 7) is 1.05. The van der Waals surface area contributed by atoms with Crippen LogP contribution in [-0.2, 0) is 16.0 Å². The number of amides is 1. The predicted molar refractivity (Wildman–Crippen MR) is 80.3 cm³/mol. The van der Waals surface area contributed by atoms with E-state index in [1.54, 1.807) is 11.2 Å². The molecule has 1 aromatic rings. The van der Waals surface area contributed by atoms with Crippen LogP contribution >= 0.6 is 0 Å². The summed E-state index contributed by atoms with van der Waals surface area (Å²) >= 11 is 0. The molecule has 5 nitrogen and oxygen atoms in total. The van der Waals surface area contributed by atoms with Crippen LogP contribution in [-0.4, -0.2) is 35.0 Å². The molecule has 0 radical (unpaired) electrons. The van der Waals surface area contributed by atoms with Crippen molar-refractivity contribution >= 4 is 11.9 Å². The van der Waals surface area contributed by atoms with Crippen LogP contribution < -0.4 is 0 Å². The van der Waals surface area contributed by atoms with Gasteiger partial charge in [-0.25, -0.2) is 0 Å². The highest BCUT2D eigenvalue weighted by Gasteiger charge is 2.46. The Bertz CT molecular complexity index is 535. The molecular weight excluding hydrogens is 282 g/mol. The minimum atomic E-state index is -0.733. The standard InChI is InChI=1S/C17H23NO4/c19-15(7-6-14-3-1-10-22-14)18-9-2-8-17(12-18,16(20)21)11-13-4-5-13/h1,3,10,13H,2,4-9,11-12H2,(H,20,21)/t17-/m0/s1. The molecule has 0 spiro atoms. The third kappa shape index (κ3) is 3.34. The van der Waals surface area contributed by atoms with Gasteiger partial charge in [-0.3, -0.25) is 9.59 Å². The zero-order chi connectivity index (χ0) is 15.6. The van der Waals surface area contributed by atoms with Crippen LogP contribution in [0.15, 0.2) is 22.8 Å². The molecule has 120 valence electrons. The van der Waals surface area contributed by atoms with E-state index in [-0.39, 0.29) is 5.91 Å². The largest absolute Gasteiger partial charge is 0.481 e. The first-order valence-corrected chi connectivity index (χ1v) is 8.13. The van der Waals surface area contributed by atoms with Crippen molar-refractivity contribution in [2.45, 2.75) is 44.9 Å². The molecule has 2 aliphatic rings. The number of likely N-dealkylation sites (tertiary alicyclic amines) is 1. The lowest BCUT2D eigenvalue weighted by atomic mass is 9.75. The van der Waals surface area contributed by atoms with Gasteiger partial charge in [0.2, 0.25) is 5.91 Å². The minimum Gasteiger partial charge on any atom is -0.481 e. The van der Waals surface area contributed by atoms with Gasteiger partial charge in [-0.15, -0.1) is 0 Å². The fourth-order valence-electron chi connectivity index (χ4n) is 3.49. The monoisotopic (exact) mass is 305 g/mol. The molecule has 2 heterocycles. The fourth-order valence-corrected chi connectivity index (χ4v) is 3.49. The van der Waals surface area contributed by atoms with E-state index in [2.05, 4.69) is 0 Å². The van der Waals surface area contributed by atoms with Crippen molar-refractivity contribution in [3.8, 4) is 0 Å². The maximum atomic E-state index is 12.4. The summed E-state index contributed by atoms with van der Waals surface area (Å²) in [6.07, 6.45) is 7.04. The van der Waals surface area contributed by atoms with Crippen molar-refractivity contribution in [2.75, 3.05) is 13.1 Å². The number of nitrogens with zero attached hydrogens (tertiary/aromatic N) is 1. The lowest BCUT2D eigenvalue weighted by Crippen LogP contribution is -2.50. The Morgan fingerprint density at radius 2 is 2.23 bits per heavy atom. The number of carbonyl (C=O) groups is 2. The van der Waals surface area contributed by atoms with E-state index in [1.165, 1.54) is 0 Å². The molecule has 0 aromatic carbocycles. The number of piperidine rings is 1. The zero-order valence-corrected chi connectivity index (χ0v) is 12.8. The second kappa shape index (κ2) is 6.15. The number of aryl methyl sites for hydroxylation is 1. The van der Waals surface area contributed by atoms with Gasteiger partial charge in [-0.05, 0) is 37.3 Å². The number of hydrogen-bond donors (Lipinski definition) is 1. The summed E-state index contributed by atoms with van der Waals surface area (Å²) in [5.41, 5.74) is -0.722. The maximum absolute atomic E-state index is 12.4. The second-order valence-corrected chi connectivity index (χ2v) is 6.73. The Morgan fingerprint density at radius 3 is 2.86 bits per heavy atom. The lowest BCUT2D eigenvalue weighted by molar-refractivity contribution is -0.156. The van der Waals surface area contributed by atoms with Crippen LogP contribution in [0, 0.1) is 11.3 Å². The topological polar surface area (TPSA) is 70.8 Å². The molecule has 1 aliphatic heterocycles. The SMILES string of the molecule is O=C(CCc1ccco1)N1CCC[C@@](CC2CC2)(C(=O)O)C1. The number of carboxylic acids is 1. The number of carboxylic acid groups (broad SMARTS) is 1. The van der Waals surface area contributed by atoms with Crippen molar-refractivity contribution in [1.29, 1.82) is 0 Å². The van der Waals surface area contributed by atoms with Gasteiger partial charge in [-0.2, -0.15) is 0 Å². The summed E-state index contributed by atoms with van der Waals surface area (Å²) in [6, 6.07) is 3.67.